The molecule has 0 saturated carbocycles. The summed E-state index contributed by atoms with van der Waals surface area (Å²) in [6, 6.07) is 16.9. The lowest BCUT2D eigenvalue weighted by Crippen LogP contribution is -2.36. The zero-order valence-corrected chi connectivity index (χ0v) is 19.5. The summed E-state index contributed by atoms with van der Waals surface area (Å²) < 4.78 is 29.2. The first-order chi connectivity index (χ1) is 15.9. The summed E-state index contributed by atoms with van der Waals surface area (Å²) in [5, 5.41) is 4.36. The summed E-state index contributed by atoms with van der Waals surface area (Å²) in [7, 11) is -3.56. The summed E-state index contributed by atoms with van der Waals surface area (Å²) in [5.41, 5.74) is 3.01. The van der Waals surface area contributed by atoms with Gasteiger partial charge in [0.05, 0.1) is 17.6 Å². The summed E-state index contributed by atoms with van der Waals surface area (Å²) in [5.74, 6) is -0.125. The van der Waals surface area contributed by atoms with Gasteiger partial charge in [-0.2, -0.15) is 9.40 Å². The molecule has 4 rings (SSSR count). The van der Waals surface area contributed by atoms with Crippen molar-refractivity contribution >= 4 is 22.0 Å². The van der Waals surface area contributed by atoms with Gasteiger partial charge < -0.3 is 4.90 Å². The van der Waals surface area contributed by atoms with Crippen molar-refractivity contribution in [3.05, 3.63) is 89.8 Å². The fourth-order valence-electron chi connectivity index (χ4n) is 3.81. The van der Waals surface area contributed by atoms with E-state index >= 15 is 0 Å². The van der Waals surface area contributed by atoms with Crippen molar-refractivity contribution in [2.24, 2.45) is 0 Å². The second-order valence-corrected chi connectivity index (χ2v) is 10.1. The van der Waals surface area contributed by atoms with Crippen LogP contribution in [0.4, 0.5) is 0 Å². The van der Waals surface area contributed by atoms with Crippen molar-refractivity contribution < 1.29 is 13.2 Å². The van der Waals surface area contributed by atoms with Crippen LogP contribution in [0.2, 0.25) is 0 Å². The van der Waals surface area contributed by atoms with E-state index < -0.39 is 10.0 Å². The number of aromatic nitrogens is 2. The minimum absolute atomic E-state index is 0.125. The Bertz CT molecular complexity index is 1220. The number of carbonyl (C=O) groups excluding carboxylic acids is 1. The minimum atomic E-state index is -3.56. The molecule has 1 amide bonds. The van der Waals surface area contributed by atoms with Crippen LogP contribution in [0.25, 0.3) is 6.08 Å². The molecule has 0 aliphatic carbocycles. The van der Waals surface area contributed by atoms with Crippen LogP contribution in [-0.4, -0.2) is 59.5 Å². The molecule has 33 heavy (non-hydrogen) atoms. The van der Waals surface area contributed by atoms with Gasteiger partial charge in [-0.15, -0.1) is 0 Å². The summed E-state index contributed by atoms with van der Waals surface area (Å²) in [4.78, 5) is 14.7. The molecule has 1 fully saturated rings. The lowest BCUT2D eigenvalue weighted by atomic mass is 10.2. The van der Waals surface area contributed by atoms with E-state index in [1.54, 1.807) is 41.4 Å². The molecule has 0 unspecified atom stereocenters. The van der Waals surface area contributed by atoms with Crippen LogP contribution in [0, 0.1) is 6.92 Å². The van der Waals surface area contributed by atoms with E-state index in [4.69, 9.17) is 0 Å². The Balaban J connectivity index is 1.35. The van der Waals surface area contributed by atoms with E-state index in [0.29, 0.717) is 37.5 Å². The Hall–Kier alpha value is -3.23. The largest absolute Gasteiger partial charge is 0.338 e. The molecular weight excluding hydrogens is 436 g/mol. The molecule has 7 nitrogen and oxygen atoms in total. The van der Waals surface area contributed by atoms with Crippen LogP contribution in [0.3, 0.4) is 0 Å². The summed E-state index contributed by atoms with van der Waals surface area (Å²) in [6.45, 7) is 4.16. The number of aryl methyl sites for hydroxylation is 1. The first kappa shape index (κ1) is 22.9. The number of sulfonamides is 1. The third-order valence-corrected chi connectivity index (χ3v) is 7.60. The number of hydrogen-bond acceptors (Lipinski definition) is 4. The van der Waals surface area contributed by atoms with Crippen LogP contribution in [-0.2, 0) is 21.4 Å². The Morgan fingerprint density at radius 1 is 1.00 bits per heavy atom. The first-order valence-electron chi connectivity index (χ1n) is 11.0. The summed E-state index contributed by atoms with van der Waals surface area (Å²) in [6.07, 6.45) is 7.51. The van der Waals surface area contributed by atoms with Gasteiger partial charge in [0.15, 0.2) is 0 Å². The zero-order chi connectivity index (χ0) is 23.3. The van der Waals surface area contributed by atoms with E-state index in [9.17, 15) is 13.2 Å². The molecule has 2 aromatic carbocycles. The molecule has 1 aromatic heterocycles. The van der Waals surface area contributed by atoms with Gasteiger partial charge in [0.25, 0.3) is 0 Å². The number of nitrogens with zero attached hydrogens (tertiary/aromatic N) is 4. The summed E-state index contributed by atoms with van der Waals surface area (Å²) >= 11 is 0. The average molecular weight is 465 g/mol. The standard InChI is InChI=1S/C25H28N4O3S/c1-21-8-11-24(12-9-21)33(31,32)29-15-5-14-27(16-17-29)25(30)13-10-23-18-26-28(20-23)19-22-6-3-2-4-7-22/h2-4,6-13,18,20H,5,14-17,19H2,1H3. The average Bonchev–Trinajstić information content (AvgIpc) is 3.10. The quantitative estimate of drug-likeness (QED) is 0.525. The molecule has 0 N–H and O–H groups in total. The van der Waals surface area contributed by atoms with E-state index in [1.165, 1.54) is 10.4 Å². The number of rotatable bonds is 6. The molecule has 172 valence electrons. The predicted octanol–water partition coefficient (Wildman–Crippen LogP) is 3.18. The second kappa shape index (κ2) is 10.1. The van der Waals surface area contributed by atoms with Crippen LogP contribution < -0.4 is 0 Å². The maximum Gasteiger partial charge on any atom is 0.246 e. The second-order valence-electron chi connectivity index (χ2n) is 8.19. The van der Waals surface area contributed by atoms with Crippen molar-refractivity contribution in [3.8, 4) is 0 Å². The normalized spacial score (nSPS) is 15.6. The molecule has 0 bridgehead atoms. The highest BCUT2D eigenvalue weighted by molar-refractivity contribution is 7.89. The Morgan fingerprint density at radius 2 is 1.76 bits per heavy atom. The molecule has 1 aliphatic heterocycles. The SMILES string of the molecule is Cc1ccc(S(=O)(=O)N2CCCN(C(=O)C=Cc3cnn(Cc4ccccc4)c3)CC2)cc1. The van der Waals surface area contributed by atoms with Crippen LogP contribution in [0.15, 0.2) is 78.0 Å². The zero-order valence-electron chi connectivity index (χ0n) is 18.7. The molecule has 0 atom stereocenters. The number of amides is 1. The maximum atomic E-state index is 13.0. The fourth-order valence-corrected chi connectivity index (χ4v) is 5.28. The van der Waals surface area contributed by atoms with E-state index in [0.717, 1.165) is 16.7 Å². The Labute approximate surface area is 195 Å². The Morgan fingerprint density at radius 3 is 2.52 bits per heavy atom. The highest BCUT2D eigenvalue weighted by atomic mass is 32.2. The molecule has 0 spiro atoms. The van der Waals surface area contributed by atoms with Crippen molar-refractivity contribution in [2.75, 3.05) is 26.2 Å². The molecule has 1 aliphatic rings. The minimum Gasteiger partial charge on any atom is -0.338 e. The first-order valence-corrected chi connectivity index (χ1v) is 12.5. The van der Waals surface area contributed by atoms with Crippen LogP contribution in [0.5, 0.6) is 0 Å². The third-order valence-electron chi connectivity index (χ3n) is 5.68. The molecule has 8 heteroatoms. The number of hydrogen-bond donors (Lipinski definition) is 0. The van der Waals surface area contributed by atoms with Crippen molar-refractivity contribution in [2.45, 2.75) is 24.8 Å². The molecule has 2 heterocycles. The molecule has 3 aromatic rings. The molecular formula is C25H28N4O3S. The number of carbonyl (C=O) groups is 1. The Kier molecular flexibility index (Phi) is 7.05. The maximum absolute atomic E-state index is 13.0. The third kappa shape index (κ3) is 5.77. The van der Waals surface area contributed by atoms with Gasteiger partial charge in [-0.1, -0.05) is 48.0 Å². The fraction of sp³-hybridized carbons (Fsp3) is 0.280. The topological polar surface area (TPSA) is 75.5 Å². The lowest BCUT2D eigenvalue weighted by Gasteiger charge is -2.21. The van der Waals surface area contributed by atoms with Gasteiger partial charge in [0.1, 0.15) is 0 Å². The van der Waals surface area contributed by atoms with E-state index in [1.807, 2.05) is 48.1 Å². The van der Waals surface area contributed by atoms with Gasteiger partial charge in [0.2, 0.25) is 15.9 Å². The predicted molar refractivity (Wildman–Crippen MR) is 128 cm³/mol. The van der Waals surface area contributed by atoms with E-state index in [2.05, 4.69) is 5.10 Å². The number of benzene rings is 2. The van der Waals surface area contributed by atoms with Crippen molar-refractivity contribution in [1.29, 1.82) is 0 Å². The molecule has 0 radical (unpaired) electrons. The van der Waals surface area contributed by atoms with Crippen molar-refractivity contribution in [1.82, 2.24) is 19.0 Å². The lowest BCUT2D eigenvalue weighted by molar-refractivity contribution is -0.125. The monoisotopic (exact) mass is 464 g/mol. The van der Waals surface area contributed by atoms with Gasteiger partial charge in [-0.05, 0) is 37.1 Å². The smallest absolute Gasteiger partial charge is 0.246 e. The molecule has 1 saturated heterocycles. The van der Waals surface area contributed by atoms with Gasteiger partial charge in [-0.25, -0.2) is 8.42 Å². The highest BCUT2D eigenvalue weighted by Gasteiger charge is 2.27. The van der Waals surface area contributed by atoms with Gasteiger partial charge in [0, 0.05) is 44.0 Å². The van der Waals surface area contributed by atoms with Crippen molar-refractivity contribution in [3.63, 3.8) is 0 Å². The van der Waals surface area contributed by atoms with Crippen LogP contribution in [0.1, 0.15) is 23.1 Å². The highest BCUT2D eigenvalue weighted by Crippen LogP contribution is 2.18. The van der Waals surface area contributed by atoms with Gasteiger partial charge >= 0.3 is 0 Å². The van der Waals surface area contributed by atoms with E-state index in [-0.39, 0.29) is 12.5 Å². The van der Waals surface area contributed by atoms with Crippen LogP contribution >= 0.6 is 0 Å². The van der Waals surface area contributed by atoms with Gasteiger partial charge in [-0.3, -0.25) is 9.48 Å².